The number of methoxy groups -OCH3 is 1. The predicted molar refractivity (Wildman–Crippen MR) is 144 cm³/mol. The number of aromatic nitrogens is 1. The summed E-state index contributed by atoms with van der Waals surface area (Å²) in [4.78, 5) is 30.9. The Morgan fingerprint density at radius 3 is 2.39 bits per heavy atom. The summed E-state index contributed by atoms with van der Waals surface area (Å²) >= 11 is 1.22. The smallest absolute Gasteiger partial charge is 0.409 e. The molecule has 1 aliphatic heterocycles. The standard InChI is InChI=1S/C25H36N3O8PS/c1-6-33-37(31,34-7-2)15-19-16-38-24(26-19)27-23(29)18-12-21(35-17(3)4)14-22(13-18)36-20-8-10-28(11-9-20)25(30)32-5/h12-14,16-17,20H,6-11,15H2,1-5H3,(H,26,27,29). The van der Waals surface area contributed by atoms with Crippen molar-refractivity contribution in [3.8, 4) is 11.5 Å². The molecule has 0 atom stereocenters. The van der Waals surface area contributed by atoms with Crippen LogP contribution in [-0.2, 0) is 24.5 Å². The summed E-state index contributed by atoms with van der Waals surface area (Å²) in [5, 5.41) is 4.87. The Kier molecular flexibility index (Phi) is 11.0. The Morgan fingerprint density at radius 2 is 1.79 bits per heavy atom. The second kappa shape index (κ2) is 13.9. The number of thiazole rings is 1. The second-order valence-corrected chi connectivity index (χ2v) is 11.7. The average molecular weight is 570 g/mol. The van der Waals surface area contributed by atoms with E-state index in [-0.39, 0.29) is 43.6 Å². The minimum absolute atomic E-state index is 0.0194. The van der Waals surface area contributed by atoms with Gasteiger partial charge in [-0.15, -0.1) is 11.3 Å². The molecule has 0 radical (unpaired) electrons. The van der Waals surface area contributed by atoms with Gasteiger partial charge in [0.25, 0.3) is 5.91 Å². The number of likely N-dealkylation sites (tertiary alicyclic amines) is 1. The molecule has 13 heteroatoms. The molecule has 1 aliphatic rings. The quantitative estimate of drug-likeness (QED) is 0.327. The van der Waals surface area contributed by atoms with Gasteiger partial charge in [-0.1, -0.05) is 0 Å². The Morgan fingerprint density at radius 1 is 1.13 bits per heavy atom. The van der Waals surface area contributed by atoms with Gasteiger partial charge >= 0.3 is 13.7 Å². The van der Waals surface area contributed by atoms with Gasteiger partial charge in [0.05, 0.1) is 38.3 Å². The van der Waals surface area contributed by atoms with E-state index in [2.05, 4.69) is 10.3 Å². The third-order valence-corrected chi connectivity index (χ3v) is 8.29. The van der Waals surface area contributed by atoms with Crippen LogP contribution >= 0.6 is 18.9 Å². The number of piperidine rings is 1. The summed E-state index contributed by atoms with van der Waals surface area (Å²) in [5.41, 5.74) is 0.853. The molecule has 38 heavy (non-hydrogen) atoms. The largest absolute Gasteiger partial charge is 0.491 e. The molecule has 3 rings (SSSR count). The van der Waals surface area contributed by atoms with E-state index in [9.17, 15) is 14.2 Å². The molecular weight excluding hydrogens is 533 g/mol. The van der Waals surface area contributed by atoms with Crippen LogP contribution in [0.2, 0.25) is 0 Å². The monoisotopic (exact) mass is 569 g/mol. The zero-order valence-corrected chi connectivity index (χ0v) is 24.1. The Labute approximate surface area is 227 Å². The van der Waals surface area contributed by atoms with Crippen molar-refractivity contribution < 1.29 is 37.4 Å². The molecule has 1 saturated heterocycles. The molecule has 1 fully saturated rings. The molecule has 210 valence electrons. The summed E-state index contributed by atoms with van der Waals surface area (Å²) in [6.45, 7) is 8.87. The van der Waals surface area contributed by atoms with Crippen LogP contribution in [-0.4, -0.2) is 67.5 Å². The molecule has 1 aromatic heterocycles. The zero-order valence-electron chi connectivity index (χ0n) is 22.4. The number of nitrogens with one attached hydrogen (secondary N) is 1. The van der Waals surface area contributed by atoms with E-state index in [0.29, 0.717) is 53.8 Å². The number of hydrogen-bond donors (Lipinski definition) is 1. The fourth-order valence-corrected chi connectivity index (χ4v) is 6.35. The van der Waals surface area contributed by atoms with Crippen molar-refractivity contribution in [1.29, 1.82) is 0 Å². The van der Waals surface area contributed by atoms with Crippen LogP contribution < -0.4 is 14.8 Å². The molecule has 1 N–H and O–H groups in total. The van der Waals surface area contributed by atoms with Gasteiger partial charge in [0.15, 0.2) is 5.13 Å². The normalized spacial score (nSPS) is 14.4. The molecule has 11 nitrogen and oxygen atoms in total. The third-order valence-electron chi connectivity index (χ3n) is 5.47. The van der Waals surface area contributed by atoms with Gasteiger partial charge in [-0.25, -0.2) is 9.78 Å². The fourth-order valence-electron chi connectivity index (χ4n) is 3.92. The van der Waals surface area contributed by atoms with Crippen LogP contribution in [0.25, 0.3) is 0 Å². The Balaban J connectivity index is 1.70. The third kappa shape index (κ3) is 8.69. The second-order valence-electron chi connectivity index (χ2n) is 8.84. The maximum atomic E-state index is 13.1. The summed E-state index contributed by atoms with van der Waals surface area (Å²) in [6, 6.07) is 5.06. The topological polar surface area (TPSA) is 126 Å². The SMILES string of the molecule is CCOP(=O)(Cc1csc(NC(=O)c2cc(OC(C)C)cc(OC3CCN(C(=O)OC)CC3)c2)n1)OCC. The molecule has 2 heterocycles. The lowest BCUT2D eigenvalue weighted by molar-refractivity contribution is 0.0787. The number of ether oxygens (including phenoxy) is 3. The summed E-state index contributed by atoms with van der Waals surface area (Å²) in [6.07, 6.45) is 0.735. The summed E-state index contributed by atoms with van der Waals surface area (Å²) in [7, 11) is -1.94. The molecule has 1 aromatic carbocycles. The van der Waals surface area contributed by atoms with Crippen molar-refractivity contribution in [1.82, 2.24) is 9.88 Å². The lowest BCUT2D eigenvalue weighted by atomic mass is 10.1. The van der Waals surface area contributed by atoms with Crippen LogP contribution in [0.1, 0.15) is 56.6 Å². The van der Waals surface area contributed by atoms with Gasteiger partial charge in [-0.05, 0) is 39.8 Å². The maximum Gasteiger partial charge on any atom is 0.409 e. The first-order valence-electron chi connectivity index (χ1n) is 12.6. The Bertz CT molecular complexity index is 1120. The van der Waals surface area contributed by atoms with Gasteiger partial charge in [0, 0.05) is 42.9 Å². The summed E-state index contributed by atoms with van der Waals surface area (Å²) in [5.74, 6) is 0.617. The highest BCUT2D eigenvalue weighted by atomic mass is 32.1. The van der Waals surface area contributed by atoms with Crippen molar-refractivity contribution in [2.24, 2.45) is 0 Å². The lowest BCUT2D eigenvalue weighted by Crippen LogP contribution is -2.41. The first kappa shape index (κ1) is 29.9. The summed E-state index contributed by atoms with van der Waals surface area (Å²) < 4.78 is 40.3. The molecule has 0 bridgehead atoms. The van der Waals surface area contributed by atoms with Crippen molar-refractivity contribution >= 4 is 36.1 Å². The van der Waals surface area contributed by atoms with Gasteiger partial charge in [-0.3, -0.25) is 14.7 Å². The number of anilines is 1. The van der Waals surface area contributed by atoms with Gasteiger partial charge in [-0.2, -0.15) is 0 Å². The van der Waals surface area contributed by atoms with E-state index >= 15 is 0 Å². The highest BCUT2D eigenvalue weighted by Crippen LogP contribution is 2.51. The van der Waals surface area contributed by atoms with Crippen molar-refractivity contribution in [2.75, 3.05) is 38.7 Å². The van der Waals surface area contributed by atoms with Crippen molar-refractivity contribution in [3.05, 3.63) is 34.8 Å². The number of amides is 2. The first-order chi connectivity index (χ1) is 18.1. The van der Waals surface area contributed by atoms with E-state index in [1.807, 2.05) is 13.8 Å². The lowest BCUT2D eigenvalue weighted by Gasteiger charge is -2.31. The maximum absolute atomic E-state index is 13.1. The van der Waals surface area contributed by atoms with Crippen LogP contribution in [0.5, 0.6) is 11.5 Å². The van der Waals surface area contributed by atoms with E-state index < -0.39 is 7.60 Å². The van der Waals surface area contributed by atoms with Crippen LogP contribution in [0.3, 0.4) is 0 Å². The zero-order chi connectivity index (χ0) is 27.7. The van der Waals surface area contributed by atoms with Crippen molar-refractivity contribution in [2.45, 2.75) is 58.9 Å². The number of carbonyl (C=O) groups excluding carboxylic acids is 2. The van der Waals surface area contributed by atoms with Crippen LogP contribution in [0.15, 0.2) is 23.6 Å². The van der Waals surface area contributed by atoms with Gasteiger partial charge in [0.2, 0.25) is 0 Å². The number of rotatable bonds is 12. The molecule has 2 amide bonds. The van der Waals surface area contributed by atoms with Crippen molar-refractivity contribution in [3.63, 3.8) is 0 Å². The van der Waals surface area contributed by atoms with E-state index in [0.717, 1.165) is 0 Å². The molecular formula is C25H36N3O8PS. The molecule has 2 aromatic rings. The first-order valence-corrected chi connectivity index (χ1v) is 15.2. The predicted octanol–water partition coefficient (Wildman–Crippen LogP) is 5.56. The van der Waals surface area contributed by atoms with E-state index in [1.165, 1.54) is 18.4 Å². The van der Waals surface area contributed by atoms with Crippen LogP contribution in [0.4, 0.5) is 9.93 Å². The Hall–Kier alpha value is -2.66. The molecule has 0 spiro atoms. The molecule has 0 aliphatic carbocycles. The van der Waals surface area contributed by atoms with Gasteiger partial charge < -0.3 is 28.2 Å². The number of hydrogen-bond acceptors (Lipinski definition) is 10. The van der Waals surface area contributed by atoms with E-state index in [4.69, 9.17) is 23.3 Å². The number of carbonyl (C=O) groups is 2. The van der Waals surface area contributed by atoms with Gasteiger partial charge in [0.1, 0.15) is 17.6 Å². The average Bonchev–Trinajstić information content (AvgIpc) is 3.29. The van der Waals surface area contributed by atoms with E-state index in [1.54, 1.807) is 42.3 Å². The number of nitrogens with zero attached hydrogens (tertiary/aromatic N) is 2. The minimum atomic E-state index is -3.31. The van der Waals surface area contributed by atoms with Crippen LogP contribution in [0, 0.1) is 0 Å². The minimum Gasteiger partial charge on any atom is -0.491 e. The molecule has 0 unspecified atom stereocenters. The highest BCUT2D eigenvalue weighted by molar-refractivity contribution is 7.53. The number of benzene rings is 1. The highest BCUT2D eigenvalue weighted by Gasteiger charge is 2.27. The fraction of sp³-hybridized carbons (Fsp3) is 0.560. The molecule has 0 saturated carbocycles.